The molecule has 0 aliphatic carbocycles. The van der Waals surface area contributed by atoms with Gasteiger partial charge in [0, 0.05) is 10.7 Å². The second-order valence-electron chi connectivity index (χ2n) is 3.64. The summed E-state index contributed by atoms with van der Waals surface area (Å²) in [7, 11) is 1.66. The predicted octanol–water partition coefficient (Wildman–Crippen LogP) is 3.90. The van der Waals surface area contributed by atoms with Crippen molar-refractivity contribution in [1.29, 1.82) is 0 Å². The van der Waals surface area contributed by atoms with E-state index in [-0.39, 0.29) is 0 Å². The van der Waals surface area contributed by atoms with E-state index < -0.39 is 0 Å². The maximum atomic E-state index is 5.28. The number of pyridine rings is 1. The van der Waals surface area contributed by atoms with Crippen LogP contribution in [0.4, 0.5) is 11.5 Å². The van der Waals surface area contributed by atoms with E-state index in [0.29, 0.717) is 0 Å². The Morgan fingerprint density at radius 2 is 2.06 bits per heavy atom. The zero-order valence-corrected chi connectivity index (χ0v) is 11.3. The standard InChI is InChI=1S/C13H13BrN2O/c1-9-7-10(14)8-15-13(9)16-11-5-3-4-6-12(11)17-2/h3-8H,1-2H3,(H,15,16). The van der Waals surface area contributed by atoms with Gasteiger partial charge in [0.2, 0.25) is 0 Å². The van der Waals surface area contributed by atoms with Crippen molar-refractivity contribution in [3.05, 3.63) is 46.6 Å². The van der Waals surface area contributed by atoms with Gasteiger partial charge >= 0.3 is 0 Å². The van der Waals surface area contributed by atoms with Crippen LogP contribution in [0.1, 0.15) is 5.56 Å². The second kappa shape index (κ2) is 5.19. The van der Waals surface area contributed by atoms with Crippen LogP contribution in [0.5, 0.6) is 5.75 Å². The van der Waals surface area contributed by atoms with Crippen molar-refractivity contribution in [2.45, 2.75) is 6.92 Å². The van der Waals surface area contributed by atoms with E-state index in [2.05, 4.69) is 26.2 Å². The third kappa shape index (κ3) is 2.77. The van der Waals surface area contributed by atoms with Gasteiger partial charge in [0.15, 0.2) is 0 Å². The molecule has 0 saturated carbocycles. The number of hydrogen-bond donors (Lipinski definition) is 1. The molecule has 0 atom stereocenters. The molecule has 0 bridgehead atoms. The third-order valence-electron chi connectivity index (χ3n) is 2.40. The van der Waals surface area contributed by atoms with Crippen molar-refractivity contribution < 1.29 is 4.74 Å². The molecule has 17 heavy (non-hydrogen) atoms. The first kappa shape index (κ1) is 11.9. The number of para-hydroxylation sites is 2. The fourth-order valence-corrected chi connectivity index (χ4v) is 1.99. The molecule has 4 heteroatoms. The van der Waals surface area contributed by atoms with Crippen LogP contribution in [0.15, 0.2) is 41.0 Å². The molecule has 1 N–H and O–H groups in total. The quantitative estimate of drug-likeness (QED) is 0.931. The number of nitrogens with zero attached hydrogens (tertiary/aromatic N) is 1. The van der Waals surface area contributed by atoms with Crippen LogP contribution in [0.3, 0.4) is 0 Å². The molecule has 0 fully saturated rings. The molecule has 0 aliphatic heterocycles. The smallest absolute Gasteiger partial charge is 0.142 e. The van der Waals surface area contributed by atoms with E-state index in [1.165, 1.54) is 0 Å². The molecule has 2 rings (SSSR count). The molecule has 3 nitrogen and oxygen atoms in total. The Bertz CT molecular complexity index is 529. The van der Waals surface area contributed by atoms with Crippen molar-refractivity contribution in [1.82, 2.24) is 4.98 Å². The normalized spacial score (nSPS) is 10.1. The maximum Gasteiger partial charge on any atom is 0.142 e. The highest BCUT2D eigenvalue weighted by molar-refractivity contribution is 9.10. The highest BCUT2D eigenvalue weighted by Crippen LogP contribution is 2.28. The molecule has 2 aromatic rings. The van der Waals surface area contributed by atoms with Gasteiger partial charge in [-0.05, 0) is 46.6 Å². The van der Waals surface area contributed by atoms with E-state index in [1.54, 1.807) is 13.3 Å². The number of benzene rings is 1. The van der Waals surface area contributed by atoms with Gasteiger partial charge in [-0.3, -0.25) is 0 Å². The summed E-state index contributed by atoms with van der Waals surface area (Å²) in [6.45, 7) is 2.01. The Labute approximate surface area is 109 Å². The van der Waals surface area contributed by atoms with Gasteiger partial charge in [-0.1, -0.05) is 12.1 Å². The lowest BCUT2D eigenvalue weighted by molar-refractivity contribution is 0.417. The molecule has 0 saturated heterocycles. The number of anilines is 2. The highest BCUT2D eigenvalue weighted by Gasteiger charge is 2.05. The van der Waals surface area contributed by atoms with Crippen molar-refractivity contribution in [3.63, 3.8) is 0 Å². The molecule has 1 heterocycles. The van der Waals surface area contributed by atoms with Gasteiger partial charge in [-0.15, -0.1) is 0 Å². The summed E-state index contributed by atoms with van der Waals surface area (Å²) in [5.74, 6) is 1.63. The molecule has 0 amide bonds. The lowest BCUT2D eigenvalue weighted by Crippen LogP contribution is -1.98. The van der Waals surface area contributed by atoms with Crippen molar-refractivity contribution in [2.24, 2.45) is 0 Å². The number of aromatic nitrogens is 1. The Balaban J connectivity index is 2.31. The first-order valence-corrected chi connectivity index (χ1v) is 6.02. The molecule has 0 aliphatic rings. The highest BCUT2D eigenvalue weighted by atomic mass is 79.9. The number of hydrogen-bond acceptors (Lipinski definition) is 3. The monoisotopic (exact) mass is 292 g/mol. The van der Waals surface area contributed by atoms with Crippen LogP contribution < -0.4 is 10.1 Å². The first-order valence-electron chi connectivity index (χ1n) is 5.23. The van der Waals surface area contributed by atoms with Gasteiger partial charge in [0.05, 0.1) is 12.8 Å². The lowest BCUT2D eigenvalue weighted by atomic mass is 10.2. The number of halogens is 1. The van der Waals surface area contributed by atoms with Gasteiger partial charge in [-0.25, -0.2) is 4.98 Å². The number of rotatable bonds is 3. The van der Waals surface area contributed by atoms with Crippen molar-refractivity contribution >= 4 is 27.4 Å². The van der Waals surface area contributed by atoms with Gasteiger partial charge in [0.1, 0.15) is 11.6 Å². The molecule has 1 aromatic carbocycles. The fourth-order valence-electron chi connectivity index (χ4n) is 1.55. The summed E-state index contributed by atoms with van der Waals surface area (Å²) < 4.78 is 6.25. The second-order valence-corrected chi connectivity index (χ2v) is 4.56. The molecule has 0 unspecified atom stereocenters. The molecule has 0 radical (unpaired) electrons. The minimum absolute atomic E-state index is 0.802. The molecular formula is C13H13BrN2O. The summed E-state index contributed by atoms with van der Waals surface area (Å²) >= 11 is 3.39. The average molecular weight is 293 g/mol. The summed E-state index contributed by atoms with van der Waals surface area (Å²) in [5, 5.41) is 3.26. The fraction of sp³-hybridized carbons (Fsp3) is 0.154. The van der Waals surface area contributed by atoms with Crippen LogP contribution in [-0.2, 0) is 0 Å². The Kier molecular flexibility index (Phi) is 3.64. The Hall–Kier alpha value is -1.55. The number of aryl methyl sites for hydroxylation is 1. The number of ether oxygens (including phenoxy) is 1. The van der Waals surface area contributed by atoms with Crippen LogP contribution in [-0.4, -0.2) is 12.1 Å². The van der Waals surface area contributed by atoms with Crippen LogP contribution in [0, 0.1) is 6.92 Å². The minimum Gasteiger partial charge on any atom is -0.495 e. The number of methoxy groups -OCH3 is 1. The zero-order valence-electron chi connectivity index (χ0n) is 9.70. The van der Waals surface area contributed by atoms with E-state index in [1.807, 2.05) is 37.3 Å². The predicted molar refractivity (Wildman–Crippen MR) is 73.0 cm³/mol. The van der Waals surface area contributed by atoms with Gasteiger partial charge in [-0.2, -0.15) is 0 Å². The first-order chi connectivity index (χ1) is 8.20. The molecular weight excluding hydrogens is 280 g/mol. The Morgan fingerprint density at radius 3 is 2.76 bits per heavy atom. The van der Waals surface area contributed by atoms with Crippen LogP contribution >= 0.6 is 15.9 Å². The van der Waals surface area contributed by atoms with Gasteiger partial charge in [0.25, 0.3) is 0 Å². The molecule has 1 aromatic heterocycles. The van der Waals surface area contributed by atoms with Crippen molar-refractivity contribution in [2.75, 3.05) is 12.4 Å². The summed E-state index contributed by atoms with van der Waals surface area (Å²) in [5.41, 5.74) is 1.98. The van der Waals surface area contributed by atoms with E-state index in [9.17, 15) is 0 Å². The SMILES string of the molecule is COc1ccccc1Nc1ncc(Br)cc1C. The van der Waals surface area contributed by atoms with E-state index in [0.717, 1.165) is 27.3 Å². The zero-order chi connectivity index (χ0) is 12.3. The maximum absolute atomic E-state index is 5.28. The molecule has 0 spiro atoms. The summed E-state index contributed by atoms with van der Waals surface area (Å²) in [6.07, 6.45) is 1.77. The Morgan fingerprint density at radius 1 is 1.29 bits per heavy atom. The van der Waals surface area contributed by atoms with E-state index in [4.69, 9.17) is 4.74 Å². The minimum atomic E-state index is 0.802. The topological polar surface area (TPSA) is 34.1 Å². The van der Waals surface area contributed by atoms with Crippen LogP contribution in [0.2, 0.25) is 0 Å². The largest absolute Gasteiger partial charge is 0.495 e. The number of nitrogens with one attached hydrogen (secondary N) is 1. The lowest BCUT2D eigenvalue weighted by Gasteiger charge is -2.11. The van der Waals surface area contributed by atoms with Crippen molar-refractivity contribution in [3.8, 4) is 5.75 Å². The third-order valence-corrected chi connectivity index (χ3v) is 2.84. The molecule has 88 valence electrons. The summed E-state index contributed by atoms with van der Waals surface area (Å²) in [6, 6.07) is 9.79. The van der Waals surface area contributed by atoms with Gasteiger partial charge < -0.3 is 10.1 Å². The van der Waals surface area contributed by atoms with E-state index >= 15 is 0 Å². The van der Waals surface area contributed by atoms with Crippen LogP contribution in [0.25, 0.3) is 0 Å². The average Bonchev–Trinajstić information content (AvgIpc) is 2.33. The summed E-state index contributed by atoms with van der Waals surface area (Å²) in [4.78, 5) is 4.33.